The van der Waals surface area contributed by atoms with E-state index in [0.717, 1.165) is 7.11 Å². The molecule has 0 bridgehead atoms. The zero-order valence-corrected chi connectivity index (χ0v) is 9.11. The molecular formula is C8H5F3N2O6. The van der Waals surface area contributed by atoms with Gasteiger partial charge in [-0.25, -0.2) is 4.79 Å². The van der Waals surface area contributed by atoms with Gasteiger partial charge in [0.05, 0.1) is 18.2 Å². The molecule has 8 nitrogen and oxygen atoms in total. The second kappa shape index (κ2) is 4.96. The van der Waals surface area contributed by atoms with Gasteiger partial charge in [0.2, 0.25) is 5.75 Å². The van der Waals surface area contributed by atoms with E-state index in [9.17, 15) is 32.9 Å². The minimum Gasteiger partial charge on any atom is -0.465 e. The van der Waals surface area contributed by atoms with Gasteiger partial charge >= 0.3 is 18.0 Å². The van der Waals surface area contributed by atoms with E-state index in [1.54, 1.807) is 4.98 Å². The predicted octanol–water partition coefficient (Wildman–Crippen LogP) is 0.968. The first kappa shape index (κ1) is 14.5. The number of carbonyl (C=O) groups excluding carboxylic acids is 1. The number of hydrogen-bond donors (Lipinski definition) is 1. The maximum absolute atomic E-state index is 12.2. The Morgan fingerprint density at radius 1 is 1.47 bits per heavy atom. The molecule has 1 rings (SSSR count). The van der Waals surface area contributed by atoms with Crippen LogP contribution in [0.2, 0.25) is 0 Å². The molecule has 1 heterocycles. The van der Waals surface area contributed by atoms with Crippen LogP contribution in [0, 0.1) is 10.1 Å². The second-order valence-electron chi connectivity index (χ2n) is 3.00. The molecule has 0 atom stereocenters. The van der Waals surface area contributed by atoms with Crippen LogP contribution in [0.25, 0.3) is 0 Å². The average Bonchev–Trinajstić information content (AvgIpc) is 2.26. The molecule has 0 saturated heterocycles. The number of H-pyrrole nitrogens is 1. The number of aromatic nitrogens is 1. The summed E-state index contributed by atoms with van der Waals surface area (Å²) in [6, 6.07) is 0. The van der Waals surface area contributed by atoms with E-state index < -0.39 is 39.8 Å². The molecule has 0 spiro atoms. The number of pyridine rings is 1. The van der Waals surface area contributed by atoms with E-state index in [1.807, 2.05) is 0 Å². The van der Waals surface area contributed by atoms with E-state index in [0.29, 0.717) is 6.20 Å². The van der Waals surface area contributed by atoms with Crippen LogP contribution in [0.1, 0.15) is 10.4 Å². The topological polar surface area (TPSA) is 112 Å². The fraction of sp³-hybridized carbons (Fsp3) is 0.250. The van der Waals surface area contributed by atoms with Crippen molar-refractivity contribution in [2.75, 3.05) is 7.11 Å². The molecule has 0 fully saturated rings. The number of nitrogens with zero attached hydrogens (tertiary/aromatic N) is 1. The number of esters is 1. The Morgan fingerprint density at radius 2 is 2.05 bits per heavy atom. The molecule has 1 aromatic rings. The Kier molecular flexibility index (Phi) is 3.77. The highest BCUT2D eigenvalue weighted by atomic mass is 19.4. The molecule has 11 heteroatoms. The summed E-state index contributed by atoms with van der Waals surface area (Å²) in [5.74, 6) is -3.02. The van der Waals surface area contributed by atoms with E-state index in [4.69, 9.17) is 0 Å². The summed E-state index contributed by atoms with van der Waals surface area (Å²) < 4.78 is 43.9. The third kappa shape index (κ3) is 3.20. The molecule has 0 aliphatic carbocycles. The molecule has 104 valence electrons. The number of rotatable bonds is 3. The van der Waals surface area contributed by atoms with Gasteiger partial charge in [0.25, 0.3) is 5.56 Å². The van der Waals surface area contributed by atoms with Gasteiger partial charge in [0.1, 0.15) is 0 Å². The number of hydrogen-bond acceptors (Lipinski definition) is 6. The predicted molar refractivity (Wildman–Crippen MR) is 51.7 cm³/mol. The first-order valence-electron chi connectivity index (χ1n) is 4.41. The van der Waals surface area contributed by atoms with Crippen molar-refractivity contribution in [1.29, 1.82) is 0 Å². The lowest BCUT2D eigenvalue weighted by Gasteiger charge is -2.11. The van der Waals surface area contributed by atoms with Gasteiger partial charge in [0, 0.05) is 0 Å². The van der Waals surface area contributed by atoms with Gasteiger partial charge in [-0.2, -0.15) is 0 Å². The summed E-state index contributed by atoms with van der Waals surface area (Å²) in [7, 11) is 0.790. The molecule has 1 aromatic heterocycles. The normalized spacial score (nSPS) is 10.9. The minimum absolute atomic E-state index is 0.385. The molecular weight excluding hydrogens is 277 g/mol. The van der Waals surface area contributed by atoms with Crippen molar-refractivity contribution in [3.63, 3.8) is 0 Å². The molecule has 0 unspecified atom stereocenters. The van der Waals surface area contributed by atoms with Crippen LogP contribution in [0.3, 0.4) is 0 Å². The highest BCUT2D eigenvalue weighted by molar-refractivity contribution is 5.93. The van der Waals surface area contributed by atoms with Gasteiger partial charge in [-0.05, 0) is 0 Å². The van der Waals surface area contributed by atoms with Crippen LogP contribution in [0.15, 0.2) is 11.0 Å². The lowest BCUT2D eigenvalue weighted by atomic mass is 10.2. The number of halogens is 3. The highest BCUT2D eigenvalue weighted by Gasteiger charge is 2.38. The minimum atomic E-state index is -5.32. The zero-order chi connectivity index (χ0) is 14.8. The third-order valence-corrected chi connectivity index (χ3v) is 1.83. The summed E-state index contributed by atoms with van der Waals surface area (Å²) in [5.41, 5.74) is -3.77. The Bertz CT molecular complexity index is 579. The fourth-order valence-electron chi connectivity index (χ4n) is 1.14. The molecule has 1 N–H and O–H groups in total. The maximum Gasteiger partial charge on any atom is 0.573 e. The van der Waals surface area contributed by atoms with E-state index in [2.05, 4.69) is 9.47 Å². The van der Waals surface area contributed by atoms with Gasteiger partial charge in [-0.15, -0.1) is 13.2 Å². The van der Waals surface area contributed by atoms with Gasteiger partial charge in [-0.3, -0.25) is 14.9 Å². The molecule has 0 aliphatic heterocycles. The number of nitrogens with one attached hydrogen (secondary N) is 1. The van der Waals surface area contributed by atoms with Crippen molar-refractivity contribution in [2.45, 2.75) is 6.36 Å². The molecule has 0 aromatic carbocycles. The van der Waals surface area contributed by atoms with Crippen LogP contribution in [-0.2, 0) is 4.74 Å². The SMILES string of the molecule is COC(=O)c1c(OC(F)(F)F)c([N+](=O)[O-])c[nH]c1=O. The Labute approximate surface area is 101 Å². The van der Waals surface area contributed by atoms with Gasteiger partial charge in [0.15, 0.2) is 5.56 Å². The summed E-state index contributed by atoms with van der Waals surface area (Å²) >= 11 is 0. The van der Waals surface area contributed by atoms with Crippen LogP contribution in [0.4, 0.5) is 18.9 Å². The molecule has 0 saturated carbocycles. The van der Waals surface area contributed by atoms with Crippen molar-refractivity contribution >= 4 is 11.7 Å². The van der Waals surface area contributed by atoms with E-state index in [-0.39, 0.29) is 0 Å². The van der Waals surface area contributed by atoms with Crippen molar-refractivity contribution in [2.24, 2.45) is 0 Å². The number of nitro groups is 1. The zero-order valence-electron chi connectivity index (χ0n) is 9.11. The number of aromatic amines is 1. The average molecular weight is 282 g/mol. The molecule has 0 amide bonds. The van der Waals surface area contributed by atoms with Crippen LogP contribution >= 0.6 is 0 Å². The van der Waals surface area contributed by atoms with E-state index >= 15 is 0 Å². The number of methoxy groups -OCH3 is 1. The first-order chi connectivity index (χ1) is 8.67. The van der Waals surface area contributed by atoms with Crippen molar-refractivity contribution in [1.82, 2.24) is 4.98 Å². The van der Waals surface area contributed by atoms with Crippen molar-refractivity contribution in [3.8, 4) is 5.75 Å². The summed E-state index contributed by atoms with van der Waals surface area (Å²) in [6.45, 7) is 0. The largest absolute Gasteiger partial charge is 0.573 e. The lowest BCUT2D eigenvalue weighted by molar-refractivity contribution is -0.389. The molecule has 0 aliphatic rings. The maximum atomic E-state index is 12.2. The lowest BCUT2D eigenvalue weighted by Crippen LogP contribution is -2.26. The Balaban J connectivity index is 3.59. The summed E-state index contributed by atoms with van der Waals surface area (Å²) in [6.07, 6.45) is -4.93. The Hall–Kier alpha value is -2.59. The fourth-order valence-corrected chi connectivity index (χ4v) is 1.14. The van der Waals surface area contributed by atoms with Crippen LogP contribution in [-0.4, -0.2) is 29.3 Å². The number of ether oxygens (including phenoxy) is 2. The summed E-state index contributed by atoms with van der Waals surface area (Å²) in [4.78, 5) is 33.5. The summed E-state index contributed by atoms with van der Waals surface area (Å²) in [5, 5.41) is 10.6. The third-order valence-electron chi connectivity index (χ3n) is 1.83. The van der Waals surface area contributed by atoms with Crippen LogP contribution < -0.4 is 10.3 Å². The van der Waals surface area contributed by atoms with Crippen molar-refractivity contribution in [3.05, 3.63) is 32.2 Å². The van der Waals surface area contributed by atoms with Gasteiger partial charge in [-0.1, -0.05) is 0 Å². The van der Waals surface area contributed by atoms with Gasteiger partial charge < -0.3 is 14.5 Å². The van der Waals surface area contributed by atoms with Crippen molar-refractivity contribution < 1.29 is 32.4 Å². The van der Waals surface area contributed by atoms with E-state index in [1.165, 1.54) is 0 Å². The second-order valence-corrected chi connectivity index (χ2v) is 3.00. The number of alkyl halides is 3. The Morgan fingerprint density at radius 3 is 2.47 bits per heavy atom. The first-order valence-corrected chi connectivity index (χ1v) is 4.41. The monoisotopic (exact) mass is 282 g/mol. The molecule has 19 heavy (non-hydrogen) atoms. The highest BCUT2D eigenvalue weighted by Crippen LogP contribution is 2.33. The smallest absolute Gasteiger partial charge is 0.465 e. The standard InChI is InChI=1S/C8H5F3N2O6/c1-18-7(15)4-5(19-8(9,10)11)3(13(16)17)2-12-6(4)14/h2H,1H3,(H,12,14). The quantitative estimate of drug-likeness (QED) is 0.502. The van der Waals surface area contributed by atoms with Crippen LogP contribution in [0.5, 0.6) is 5.75 Å². The molecule has 0 radical (unpaired) electrons. The number of carbonyl (C=O) groups is 1.